The van der Waals surface area contributed by atoms with E-state index in [-0.39, 0.29) is 11.4 Å². The van der Waals surface area contributed by atoms with Crippen LogP contribution in [0.2, 0.25) is 0 Å². The van der Waals surface area contributed by atoms with Crippen LogP contribution in [0, 0.1) is 0 Å². The highest BCUT2D eigenvalue weighted by atomic mass is 19.4. The number of anilines is 1. The summed E-state index contributed by atoms with van der Waals surface area (Å²) in [6.07, 6.45) is -12.4. The van der Waals surface area contributed by atoms with E-state index in [1.807, 2.05) is 0 Å². The third kappa shape index (κ3) is 3.17. The van der Waals surface area contributed by atoms with E-state index in [0.29, 0.717) is 12.1 Å². The van der Waals surface area contributed by atoms with Crippen molar-refractivity contribution in [3.05, 3.63) is 23.8 Å². The molecular formula is C12H13F6NO2. The third-order valence-corrected chi connectivity index (χ3v) is 2.61. The van der Waals surface area contributed by atoms with E-state index in [4.69, 9.17) is 10.5 Å². The maximum Gasteiger partial charge on any atom is 0.430 e. The van der Waals surface area contributed by atoms with E-state index >= 15 is 0 Å². The summed E-state index contributed by atoms with van der Waals surface area (Å²) in [7, 11) is 0. The zero-order valence-electron chi connectivity index (χ0n) is 11.0. The molecule has 0 radical (unpaired) electrons. The van der Waals surface area contributed by atoms with E-state index in [2.05, 4.69) is 0 Å². The molecule has 0 unspecified atom stereocenters. The second kappa shape index (κ2) is 5.28. The van der Waals surface area contributed by atoms with Gasteiger partial charge in [-0.3, -0.25) is 0 Å². The van der Waals surface area contributed by atoms with Gasteiger partial charge in [0.1, 0.15) is 5.75 Å². The number of halogens is 6. The van der Waals surface area contributed by atoms with Gasteiger partial charge in [0.25, 0.3) is 5.60 Å². The van der Waals surface area contributed by atoms with Gasteiger partial charge in [-0.2, -0.15) is 26.3 Å². The third-order valence-electron chi connectivity index (χ3n) is 2.61. The molecule has 0 aliphatic rings. The number of nitrogen functional groups attached to an aromatic ring is 1. The minimum Gasteiger partial charge on any atom is -0.489 e. The topological polar surface area (TPSA) is 55.5 Å². The molecule has 120 valence electrons. The van der Waals surface area contributed by atoms with Crippen molar-refractivity contribution in [1.29, 1.82) is 0 Å². The Kier molecular flexibility index (Phi) is 4.38. The lowest BCUT2D eigenvalue weighted by molar-refractivity contribution is -0.376. The molecular weight excluding hydrogens is 304 g/mol. The Hall–Kier alpha value is -1.64. The van der Waals surface area contributed by atoms with Gasteiger partial charge in [0.2, 0.25) is 0 Å². The molecule has 21 heavy (non-hydrogen) atoms. The minimum atomic E-state index is -5.95. The molecule has 0 bridgehead atoms. The predicted octanol–water partition coefficient (Wildman–Crippen LogP) is 3.37. The van der Waals surface area contributed by atoms with Gasteiger partial charge in [-0.25, -0.2) is 0 Å². The smallest absolute Gasteiger partial charge is 0.430 e. The molecule has 0 heterocycles. The number of alkyl halides is 6. The lowest BCUT2D eigenvalue weighted by Crippen LogP contribution is -2.53. The summed E-state index contributed by atoms with van der Waals surface area (Å²) in [5.74, 6) is -0.366. The average Bonchev–Trinajstić information content (AvgIpc) is 2.27. The highest BCUT2D eigenvalue weighted by Crippen LogP contribution is 2.50. The molecule has 0 aliphatic carbocycles. The summed E-state index contributed by atoms with van der Waals surface area (Å²) < 4.78 is 81.5. The molecule has 0 aliphatic heterocycles. The zero-order valence-corrected chi connectivity index (χ0v) is 11.0. The van der Waals surface area contributed by atoms with Crippen molar-refractivity contribution in [3.8, 4) is 5.75 Å². The fourth-order valence-corrected chi connectivity index (χ4v) is 1.60. The van der Waals surface area contributed by atoms with Gasteiger partial charge in [0.05, 0.1) is 11.8 Å². The predicted molar refractivity (Wildman–Crippen MR) is 62.6 cm³/mol. The molecule has 3 N–H and O–H groups in total. The van der Waals surface area contributed by atoms with E-state index < -0.39 is 29.6 Å². The summed E-state index contributed by atoms with van der Waals surface area (Å²) >= 11 is 0. The van der Waals surface area contributed by atoms with Gasteiger partial charge in [-0.15, -0.1) is 0 Å². The number of rotatable bonds is 3. The van der Waals surface area contributed by atoms with Crippen molar-refractivity contribution in [2.24, 2.45) is 0 Å². The molecule has 0 amide bonds. The fourth-order valence-electron chi connectivity index (χ4n) is 1.60. The van der Waals surface area contributed by atoms with E-state index in [0.717, 1.165) is 6.07 Å². The number of ether oxygens (including phenoxy) is 1. The molecule has 3 nitrogen and oxygen atoms in total. The molecule has 9 heteroatoms. The highest BCUT2D eigenvalue weighted by molar-refractivity contribution is 5.55. The molecule has 0 saturated heterocycles. The van der Waals surface area contributed by atoms with Crippen LogP contribution in [0.25, 0.3) is 0 Å². The number of hydrogen-bond donors (Lipinski definition) is 2. The monoisotopic (exact) mass is 317 g/mol. The van der Waals surface area contributed by atoms with Crippen molar-refractivity contribution in [3.63, 3.8) is 0 Å². The van der Waals surface area contributed by atoms with Gasteiger partial charge in [-0.05, 0) is 26.0 Å². The van der Waals surface area contributed by atoms with Crippen LogP contribution in [0.15, 0.2) is 18.2 Å². The number of nitrogens with two attached hydrogens (primary N) is 1. The maximum absolute atomic E-state index is 12.7. The van der Waals surface area contributed by atoms with Crippen molar-refractivity contribution in [2.45, 2.75) is 37.9 Å². The average molecular weight is 317 g/mol. The summed E-state index contributed by atoms with van der Waals surface area (Å²) in [4.78, 5) is 0. The molecule has 1 aromatic rings. The zero-order chi connectivity index (χ0) is 16.6. The molecule has 0 aromatic heterocycles. The van der Waals surface area contributed by atoms with Crippen molar-refractivity contribution < 1.29 is 36.2 Å². The molecule has 0 fully saturated rings. The minimum absolute atomic E-state index is 0.140. The maximum atomic E-state index is 12.7. The number of benzene rings is 1. The molecule has 1 rings (SSSR count). The molecule has 1 aromatic carbocycles. The highest BCUT2D eigenvalue weighted by Gasteiger charge is 2.71. The van der Waals surface area contributed by atoms with Crippen LogP contribution >= 0.6 is 0 Å². The first-order valence-electron chi connectivity index (χ1n) is 5.73. The van der Waals surface area contributed by atoms with Crippen LogP contribution in [-0.2, 0) is 5.60 Å². The molecule has 0 atom stereocenters. The standard InChI is InChI=1S/C12H13F6NO2/c1-6(2)21-9-5-7(3-4-8(9)19)10(20,11(13,14)15)12(16,17)18/h3-6,20H,19H2,1-2H3. The van der Waals surface area contributed by atoms with Gasteiger partial charge in [-0.1, -0.05) is 6.07 Å². The Morgan fingerprint density at radius 1 is 1.05 bits per heavy atom. The Morgan fingerprint density at radius 2 is 1.52 bits per heavy atom. The summed E-state index contributed by atoms with van der Waals surface area (Å²) in [5.41, 5.74) is -1.12. The summed E-state index contributed by atoms with van der Waals surface area (Å²) in [5, 5.41) is 9.26. The normalized spacial score (nSPS) is 13.6. The van der Waals surface area contributed by atoms with E-state index in [9.17, 15) is 31.4 Å². The van der Waals surface area contributed by atoms with E-state index in [1.54, 1.807) is 0 Å². The second-order valence-corrected chi connectivity index (χ2v) is 4.63. The van der Waals surface area contributed by atoms with Crippen LogP contribution in [0.3, 0.4) is 0 Å². The SMILES string of the molecule is CC(C)Oc1cc(C(O)(C(F)(F)F)C(F)(F)F)ccc1N. The number of aliphatic hydroxyl groups is 1. The first kappa shape index (κ1) is 17.4. The molecule has 0 saturated carbocycles. The lowest BCUT2D eigenvalue weighted by atomic mass is 9.92. The van der Waals surface area contributed by atoms with Crippen molar-refractivity contribution >= 4 is 5.69 Å². The van der Waals surface area contributed by atoms with Gasteiger partial charge in [0.15, 0.2) is 0 Å². The summed E-state index contributed by atoms with van der Waals surface area (Å²) in [6.45, 7) is 3.04. The van der Waals surface area contributed by atoms with Crippen LogP contribution in [0.4, 0.5) is 32.0 Å². The van der Waals surface area contributed by atoms with E-state index in [1.165, 1.54) is 13.8 Å². The van der Waals surface area contributed by atoms with Crippen LogP contribution in [-0.4, -0.2) is 23.6 Å². The van der Waals surface area contributed by atoms with Gasteiger partial charge >= 0.3 is 12.4 Å². The number of hydrogen-bond acceptors (Lipinski definition) is 3. The fraction of sp³-hybridized carbons (Fsp3) is 0.500. The van der Waals surface area contributed by atoms with Crippen molar-refractivity contribution in [1.82, 2.24) is 0 Å². The Balaban J connectivity index is 3.48. The summed E-state index contributed by atoms with van der Waals surface area (Å²) in [6, 6.07) is 1.72. The van der Waals surface area contributed by atoms with Gasteiger partial charge < -0.3 is 15.6 Å². The van der Waals surface area contributed by atoms with Crippen LogP contribution in [0.5, 0.6) is 5.75 Å². The largest absolute Gasteiger partial charge is 0.489 e. The van der Waals surface area contributed by atoms with Gasteiger partial charge in [0, 0.05) is 5.56 Å². The van der Waals surface area contributed by atoms with Crippen LogP contribution < -0.4 is 10.5 Å². The Bertz CT molecular complexity index is 495. The van der Waals surface area contributed by atoms with Crippen molar-refractivity contribution in [2.75, 3.05) is 5.73 Å². The van der Waals surface area contributed by atoms with Crippen LogP contribution in [0.1, 0.15) is 19.4 Å². The Labute approximate surface area is 116 Å². The lowest BCUT2D eigenvalue weighted by Gasteiger charge is -2.33. The second-order valence-electron chi connectivity index (χ2n) is 4.63. The first-order chi connectivity index (χ1) is 9.30. The quantitative estimate of drug-likeness (QED) is 0.664. The Morgan fingerprint density at radius 3 is 1.90 bits per heavy atom. The first-order valence-corrected chi connectivity index (χ1v) is 5.73. The molecule has 0 spiro atoms.